The normalized spacial score (nSPS) is 11.4. The molecule has 0 unspecified atom stereocenters. The third-order valence-electron chi connectivity index (χ3n) is 3.58. The van der Waals surface area contributed by atoms with Crippen molar-refractivity contribution in [1.82, 2.24) is 0 Å². The van der Waals surface area contributed by atoms with Gasteiger partial charge < -0.3 is 8.92 Å². The van der Waals surface area contributed by atoms with Crippen LogP contribution in [0.1, 0.15) is 22.3 Å². The standard InChI is InChI=1S/C17H19ClO4S/c1-10-9-16(11(2)8-15(10)21-5)23(19,20)22-14-6-12(3)17(18)13(4)7-14/h6-9H,1-5H3. The second-order valence-electron chi connectivity index (χ2n) is 5.50. The molecule has 2 rings (SSSR count). The van der Waals surface area contributed by atoms with Gasteiger partial charge >= 0.3 is 10.1 Å². The Labute approximate surface area is 142 Å². The maximum Gasteiger partial charge on any atom is 0.339 e. The van der Waals surface area contributed by atoms with Crippen LogP contribution in [0.5, 0.6) is 11.5 Å². The number of rotatable bonds is 4. The van der Waals surface area contributed by atoms with Crippen molar-refractivity contribution in [3.05, 3.63) is 51.5 Å². The highest BCUT2D eigenvalue weighted by molar-refractivity contribution is 7.87. The van der Waals surface area contributed by atoms with E-state index in [4.69, 9.17) is 20.5 Å². The first-order valence-electron chi connectivity index (χ1n) is 7.02. The number of ether oxygens (including phenoxy) is 1. The number of methoxy groups -OCH3 is 1. The highest BCUT2D eigenvalue weighted by atomic mass is 35.5. The van der Waals surface area contributed by atoms with Crippen LogP contribution in [0.25, 0.3) is 0 Å². The summed E-state index contributed by atoms with van der Waals surface area (Å²) in [6.45, 7) is 7.10. The minimum Gasteiger partial charge on any atom is -0.496 e. The maximum atomic E-state index is 12.6. The summed E-state index contributed by atoms with van der Waals surface area (Å²) in [6, 6.07) is 6.46. The minimum atomic E-state index is -3.94. The molecule has 0 atom stereocenters. The Bertz CT molecular complexity index is 834. The van der Waals surface area contributed by atoms with E-state index in [0.29, 0.717) is 16.3 Å². The average Bonchev–Trinajstić information content (AvgIpc) is 2.46. The number of benzene rings is 2. The second-order valence-corrected chi connectivity index (χ2v) is 7.39. The summed E-state index contributed by atoms with van der Waals surface area (Å²) in [6.07, 6.45) is 0. The molecular formula is C17H19ClO4S. The molecule has 0 aliphatic rings. The maximum absolute atomic E-state index is 12.6. The van der Waals surface area contributed by atoms with E-state index in [0.717, 1.165) is 16.7 Å². The van der Waals surface area contributed by atoms with E-state index in [1.165, 1.54) is 0 Å². The topological polar surface area (TPSA) is 52.6 Å². The summed E-state index contributed by atoms with van der Waals surface area (Å²) in [5.74, 6) is 0.886. The van der Waals surface area contributed by atoms with Crippen LogP contribution in [0.2, 0.25) is 5.02 Å². The largest absolute Gasteiger partial charge is 0.496 e. The Morgan fingerprint density at radius 3 is 1.96 bits per heavy atom. The van der Waals surface area contributed by atoms with Crippen molar-refractivity contribution < 1.29 is 17.3 Å². The van der Waals surface area contributed by atoms with Gasteiger partial charge in [-0.05, 0) is 74.2 Å². The van der Waals surface area contributed by atoms with Crippen LogP contribution in [0, 0.1) is 27.7 Å². The molecule has 4 nitrogen and oxygen atoms in total. The van der Waals surface area contributed by atoms with Gasteiger partial charge in [-0.3, -0.25) is 0 Å². The smallest absolute Gasteiger partial charge is 0.339 e. The molecule has 0 heterocycles. The third-order valence-corrected chi connectivity index (χ3v) is 5.56. The fourth-order valence-electron chi connectivity index (χ4n) is 2.38. The van der Waals surface area contributed by atoms with Gasteiger partial charge in [-0.1, -0.05) is 11.6 Å². The summed E-state index contributed by atoms with van der Waals surface area (Å²) in [5, 5.41) is 0.603. The monoisotopic (exact) mass is 354 g/mol. The van der Waals surface area contributed by atoms with Crippen molar-refractivity contribution in [3.63, 3.8) is 0 Å². The Morgan fingerprint density at radius 1 is 0.870 bits per heavy atom. The first-order chi connectivity index (χ1) is 10.7. The van der Waals surface area contributed by atoms with Crippen LogP contribution in [-0.2, 0) is 10.1 Å². The predicted molar refractivity (Wildman–Crippen MR) is 91.2 cm³/mol. The van der Waals surface area contributed by atoms with Crippen molar-refractivity contribution in [2.45, 2.75) is 32.6 Å². The lowest BCUT2D eigenvalue weighted by molar-refractivity contribution is 0.410. The molecule has 0 radical (unpaired) electrons. The van der Waals surface area contributed by atoms with Gasteiger partial charge in [-0.2, -0.15) is 8.42 Å². The van der Waals surface area contributed by atoms with Crippen LogP contribution in [-0.4, -0.2) is 15.5 Å². The van der Waals surface area contributed by atoms with E-state index in [2.05, 4.69) is 0 Å². The zero-order valence-electron chi connectivity index (χ0n) is 13.7. The van der Waals surface area contributed by atoms with E-state index in [-0.39, 0.29) is 10.6 Å². The lowest BCUT2D eigenvalue weighted by Gasteiger charge is -2.13. The first kappa shape index (κ1) is 17.6. The van der Waals surface area contributed by atoms with Crippen LogP contribution >= 0.6 is 11.6 Å². The summed E-state index contributed by atoms with van der Waals surface area (Å²) < 4.78 is 35.7. The summed E-state index contributed by atoms with van der Waals surface area (Å²) >= 11 is 6.10. The molecule has 2 aromatic carbocycles. The third kappa shape index (κ3) is 3.62. The second kappa shape index (κ2) is 6.42. The molecule has 0 amide bonds. The summed E-state index contributed by atoms with van der Waals surface area (Å²) in [7, 11) is -2.39. The molecule has 124 valence electrons. The molecule has 0 saturated heterocycles. The van der Waals surface area contributed by atoms with Gasteiger partial charge in [0, 0.05) is 5.02 Å². The zero-order chi connectivity index (χ0) is 17.4. The van der Waals surface area contributed by atoms with Crippen LogP contribution in [0.3, 0.4) is 0 Å². The number of aryl methyl sites for hydroxylation is 4. The van der Waals surface area contributed by atoms with Crippen molar-refractivity contribution in [1.29, 1.82) is 0 Å². The molecule has 0 saturated carbocycles. The van der Waals surface area contributed by atoms with Crippen molar-refractivity contribution in [2.75, 3.05) is 7.11 Å². The van der Waals surface area contributed by atoms with Crippen LogP contribution < -0.4 is 8.92 Å². The fourth-order valence-corrected chi connectivity index (χ4v) is 3.70. The molecule has 6 heteroatoms. The van der Waals surface area contributed by atoms with E-state index in [1.807, 2.05) is 0 Å². The van der Waals surface area contributed by atoms with Crippen molar-refractivity contribution in [2.24, 2.45) is 0 Å². The lowest BCUT2D eigenvalue weighted by Crippen LogP contribution is -2.12. The lowest BCUT2D eigenvalue weighted by atomic mass is 10.1. The number of hydrogen-bond donors (Lipinski definition) is 0. The average molecular weight is 355 g/mol. The SMILES string of the molecule is COc1cc(C)c(S(=O)(=O)Oc2cc(C)c(Cl)c(C)c2)cc1C. The highest BCUT2D eigenvalue weighted by Crippen LogP contribution is 2.30. The molecule has 0 spiro atoms. The molecule has 0 aromatic heterocycles. The molecule has 0 N–H and O–H groups in total. The van der Waals surface area contributed by atoms with E-state index >= 15 is 0 Å². The molecule has 2 aromatic rings. The van der Waals surface area contributed by atoms with Crippen molar-refractivity contribution >= 4 is 21.7 Å². The van der Waals surface area contributed by atoms with Crippen LogP contribution in [0.4, 0.5) is 0 Å². The van der Waals surface area contributed by atoms with Gasteiger partial charge in [0.1, 0.15) is 16.4 Å². The molecule has 0 aliphatic carbocycles. The summed E-state index contributed by atoms with van der Waals surface area (Å²) in [4.78, 5) is 0.126. The van der Waals surface area contributed by atoms with Gasteiger partial charge in [0.25, 0.3) is 0 Å². The van der Waals surface area contributed by atoms with Gasteiger partial charge in [-0.15, -0.1) is 0 Å². The molecule has 0 aliphatic heterocycles. The Hall–Kier alpha value is -1.72. The minimum absolute atomic E-state index is 0.126. The summed E-state index contributed by atoms with van der Waals surface area (Å²) in [5.41, 5.74) is 2.82. The Morgan fingerprint density at radius 2 is 1.43 bits per heavy atom. The van der Waals surface area contributed by atoms with Gasteiger partial charge in [-0.25, -0.2) is 0 Å². The van der Waals surface area contributed by atoms with Gasteiger partial charge in [0.15, 0.2) is 0 Å². The zero-order valence-corrected chi connectivity index (χ0v) is 15.3. The van der Waals surface area contributed by atoms with E-state index in [1.54, 1.807) is 59.1 Å². The highest BCUT2D eigenvalue weighted by Gasteiger charge is 2.21. The quantitative estimate of drug-likeness (QED) is 0.766. The van der Waals surface area contributed by atoms with E-state index in [9.17, 15) is 8.42 Å². The molecular weight excluding hydrogens is 336 g/mol. The first-order valence-corrected chi connectivity index (χ1v) is 8.81. The number of hydrogen-bond acceptors (Lipinski definition) is 4. The molecule has 23 heavy (non-hydrogen) atoms. The van der Waals surface area contributed by atoms with Crippen molar-refractivity contribution in [3.8, 4) is 11.5 Å². The van der Waals surface area contributed by atoms with E-state index < -0.39 is 10.1 Å². The Kier molecular flexibility index (Phi) is 4.92. The van der Waals surface area contributed by atoms with Gasteiger partial charge in [0.2, 0.25) is 0 Å². The van der Waals surface area contributed by atoms with Gasteiger partial charge in [0.05, 0.1) is 7.11 Å². The Balaban J connectivity index is 2.46. The molecule has 0 fully saturated rings. The number of halogens is 1. The predicted octanol–water partition coefficient (Wildman–Crippen LogP) is 4.35. The fraction of sp³-hybridized carbons (Fsp3) is 0.294. The van der Waals surface area contributed by atoms with Crippen LogP contribution in [0.15, 0.2) is 29.2 Å². The molecule has 0 bridgehead atoms.